The fourth-order valence-corrected chi connectivity index (χ4v) is 8.87. The monoisotopic (exact) mass is 905 g/mol. The van der Waals surface area contributed by atoms with E-state index in [0.29, 0.717) is 19.3 Å². The van der Waals surface area contributed by atoms with E-state index >= 15 is 0 Å². The summed E-state index contributed by atoms with van der Waals surface area (Å²) in [5, 5.41) is 0. The first kappa shape index (κ1) is 62.4. The van der Waals surface area contributed by atoms with Crippen molar-refractivity contribution in [3.05, 3.63) is 0 Å². The normalized spacial score (nSPS) is 12.0. The van der Waals surface area contributed by atoms with Gasteiger partial charge in [0.2, 0.25) is 0 Å². The van der Waals surface area contributed by atoms with Gasteiger partial charge in [0.15, 0.2) is 6.10 Å². The first-order chi connectivity index (χ1) is 31.2. The lowest BCUT2D eigenvalue weighted by molar-refractivity contribution is -0.167. The quantitative estimate of drug-likeness (QED) is 0.0344. The van der Waals surface area contributed by atoms with Gasteiger partial charge in [-0.05, 0) is 31.1 Å². The second-order valence-electron chi connectivity index (χ2n) is 20.9. The molecule has 0 aliphatic rings. The summed E-state index contributed by atoms with van der Waals surface area (Å²) in [4.78, 5) is 38.1. The van der Waals surface area contributed by atoms with Crippen LogP contribution in [0.1, 0.15) is 324 Å². The fraction of sp³-hybridized carbons (Fsp3) is 0.948. The number of esters is 3. The number of carbonyl (C=O) groups excluding carboxylic acids is 3. The SMILES string of the molecule is CCCCCCCCCCCCCCCCCCCCC(=O)O[C@@H](COC(=O)CCCCCCCCCCCCCCCCCC(C)C)COC(=O)CCCCCCCCCC(C)C. The molecule has 0 spiro atoms. The van der Waals surface area contributed by atoms with Crippen LogP contribution in [0.2, 0.25) is 0 Å². The lowest BCUT2D eigenvalue weighted by atomic mass is 10.0. The van der Waals surface area contributed by atoms with Crippen LogP contribution in [0.5, 0.6) is 0 Å². The minimum Gasteiger partial charge on any atom is -0.462 e. The smallest absolute Gasteiger partial charge is 0.306 e. The highest BCUT2D eigenvalue weighted by Crippen LogP contribution is 2.18. The second kappa shape index (κ2) is 50.8. The first-order valence-electron chi connectivity index (χ1n) is 28.7. The van der Waals surface area contributed by atoms with Crippen molar-refractivity contribution in [3.8, 4) is 0 Å². The maximum Gasteiger partial charge on any atom is 0.306 e. The predicted molar refractivity (Wildman–Crippen MR) is 275 cm³/mol. The van der Waals surface area contributed by atoms with Crippen molar-refractivity contribution in [1.82, 2.24) is 0 Å². The topological polar surface area (TPSA) is 78.9 Å². The Morgan fingerprint density at radius 2 is 0.516 bits per heavy atom. The van der Waals surface area contributed by atoms with Gasteiger partial charge in [-0.15, -0.1) is 0 Å². The van der Waals surface area contributed by atoms with Gasteiger partial charge in [0.05, 0.1) is 0 Å². The highest BCUT2D eigenvalue weighted by atomic mass is 16.6. The van der Waals surface area contributed by atoms with Crippen LogP contribution in [0.3, 0.4) is 0 Å². The molecule has 1 atom stereocenters. The predicted octanol–water partition coefficient (Wildman–Crippen LogP) is 18.9. The zero-order valence-corrected chi connectivity index (χ0v) is 43.9. The molecule has 0 heterocycles. The molecule has 0 rings (SSSR count). The highest BCUT2D eigenvalue weighted by Gasteiger charge is 2.19. The molecule has 0 bridgehead atoms. The lowest BCUT2D eigenvalue weighted by Gasteiger charge is -2.18. The molecule has 0 aliphatic carbocycles. The molecule has 0 saturated heterocycles. The van der Waals surface area contributed by atoms with Gasteiger partial charge in [-0.25, -0.2) is 0 Å². The fourth-order valence-electron chi connectivity index (χ4n) is 8.87. The van der Waals surface area contributed by atoms with E-state index in [9.17, 15) is 14.4 Å². The first-order valence-corrected chi connectivity index (χ1v) is 28.7. The maximum absolute atomic E-state index is 12.8. The summed E-state index contributed by atoms with van der Waals surface area (Å²) >= 11 is 0. The zero-order valence-electron chi connectivity index (χ0n) is 43.9. The molecule has 0 aliphatic heterocycles. The summed E-state index contributed by atoms with van der Waals surface area (Å²) in [5.74, 6) is 0.787. The van der Waals surface area contributed by atoms with Gasteiger partial charge in [0.1, 0.15) is 13.2 Å². The van der Waals surface area contributed by atoms with Crippen molar-refractivity contribution < 1.29 is 28.6 Å². The van der Waals surface area contributed by atoms with Crippen LogP contribution in [0.15, 0.2) is 0 Å². The molecule has 0 fully saturated rings. The van der Waals surface area contributed by atoms with E-state index in [1.165, 1.54) is 212 Å². The van der Waals surface area contributed by atoms with Gasteiger partial charge in [0.25, 0.3) is 0 Å². The van der Waals surface area contributed by atoms with Gasteiger partial charge in [-0.3, -0.25) is 14.4 Å². The summed E-state index contributed by atoms with van der Waals surface area (Å²) < 4.78 is 16.9. The Balaban J connectivity index is 4.24. The van der Waals surface area contributed by atoms with E-state index in [1.807, 2.05) is 0 Å². The van der Waals surface area contributed by atoms with Gasteiger partial charge in [0, 0.05) is 19.3 Å². The molecular weight excluding hydrogens is 793 g/mol. The van der Waals surface area contributed by atoms with E-state index < -0.39 is 6.10 Å². The van der Waals surface area contributed by atoms with Gasteiger partial charge in [-0.1, -0.05) is 285 Å². The summed E-state index contributed by atoms with van der Waals surface area (Å²) in [7, 11) is 0. The third kappa shape index (κ3) is 51.4. The lowest BCUT2D eigenvalue weighted by Crippen LogP contribution is -2.30. The number of rotatable bonds is 52. The molecule has 6 heteroatoms. The molecule has 0 N–H and O–H groups in total. The van der Waals surface area contributed by atoms with Crippen LogP contribution in [0.4, 0.5) is 0 Å². The van der Waals surface area contributed by atoms with Crippen molar-refractivity contribution in [2.75, 3.05) is 13.2 Å². The molecule has 0 aromatic rings. The third-order valence-electron chi connectivity index (χ3n) is 13.2. The standard InChI is InChI=1S/C58H112O6/c1-6-7-8-9-10-11-12-13-14-15-16-19-23-26-29-34-40-45-50-58(61)64-55(52-63-57(60)49-44-39-35-30-32-37-42-47-54(4)5)51-62-56(59)48-43-38-33-28-25-22-20-17-18-21-24-27-31-36-41-46-53(2)3/h53-55H,6-52H2,1-5H3/t55-/m0/s1. The molecule has 64 heavy (non-hydrogen) atoms. The maximum atomic E-state index is 12.8. The molecular formula is C58H112O6. The third-order valence-corrected chi connectivity index (χ3v) is 13.2. The largest absolute Gasteiger partial charge is 0.462 e. The van der Waals surface area contributed by atoms with Crippen LogP contribution in [-0.2, 0) is 28.6 Å². The van der Waals surface area contributed by atoms with E-state index in [0.717, 1.165) is 69.6 Å². The van der Waals surface area contributed by atoms with Crippen LogP contribution < -0.4 is 0 Å². The second-order valence-corrected chi connectivity index (χ2v) is 20.9. The summed E-state index contributed by atoms with van der Waals surface area (Å²) in [5.41, 5.74) is 0. The number of unbranched alkanes of at least 4 members (excludes halogenated alkanes) is 37. The van der Waals surface area contributed by atoms with Crippen LogP contribution >= 0.6 is 0 Å². The van der Waals surface area contributed by atoms with Crippen molar-refractivity contribution >= 4 is 17.9 Å². The van der Waals surface area contributed by atoms with Crippen molar-refractivity contribution in [2.45, 2.75) is 330 Å². The number of hydrogen-bond donors (Lipinski definition) is 0. The Bertz CT molecular complexity index is 978. The number of hydrogen-bond acceptors (Lipinski definition) is 6. The Labute approximate surface area is 399 Å². The Hall–Kier alpha value is -1.59. The minimum absolute atomic E-state index is 0.0634. The molecule has 0 aromatic heterocycles. The molecule has 6 nitrogen and oxygen atoms in total. The van der Waals surface area contributed by atoms with Crippen molar-refractivity contribution in [3.63, 3.8) is 0 Å². The molecule has 0 unspecified atom stereocenters. The van der Waals surface area contributed by atoms with E-state index in [1.54, 1.807) is 0 Å². The van der Waals surface area contributed by atoms with Crippen LogP contribution in [0.25, 0.3) is 0 Å². The Morgan fingerprint density at radius 3 is 0.766 bits per heavy atom. The van der Waals surface area contributed by atoms with Crippen LogP contribution in [-0.4, -0.2) is 37.2 Å². The molecule has 0 aromatic carbocycles. The van der Waals surface area contributed by atoms with Gasteiger partial charge in [-0.2, -0.15) is 0 Å². The number of carbonyl (C=O) groups is 3. The Morgan fingerprint density at radius 1 is 0.297 bits per heavy atom. The summed E-state index contributed by atoms with van der Waals surface area (Å²) in [6.45, 7) is 11.4. The van der Waals surface area contributed by atoms with Crippen LogP contribution in [0, 0.1) is 11.8 Å². The summed E-state index contributed by atoms with van der Waals surface area (Å²) in [6.07, 6.45) is 53.9. The van der Waals surface area contributed by atoms with Gasteiger partial charge >= 0.3 is 17.9 Å². The van der Waals surface area contributed by atoms with Gasteiger partial charge < -0.3 is 14.2 Å². The average Bonchev–Trinajstić information content (AvgIpc) is 3.27. The summed E-state index contributed by atoms with van der Waals surface area (Å²) in [6, 6.07) is 0. The van der Waals surface area contributed by atoms with Crippen molar-refractivity contribution in [1.29, 1.82) is 0 Å². The van der Waals surface area contributed by atoms with E-state index in [-0.39, 0.29) is 31.1 Å². The molecule has 0 radical (unpaired) electrons. The molecule has 380 valence electrons. The van der Waals surface area contributed by atoms with Crippen molar-refractivity contribution in [2.24, 2.45) is 11.8 Å². The molecule has 0 saturated carbocycles. The Kier molecular flexibility index (Phi) is 49.6. The zero-order chi connectivity index (χ0) is 46.8. The van der Waals surface area contributed by atoms with E-state index in [2.05, 4.69) is 34.6 Å². The average molecular weight is 906 g/mol. The molecule has 0 amide bonds. The minimum atomic E-state index is -0.763. The highest BCUT2D eigenvalue weighted by molar-refractivity contribution is 5.71. The number of ether oxygens (including phenoxy) is 3. The van der Waals surface area contributed by atoms with E-state index in [4.69, 9.17) is 14.2 Å².